The average molecular weight is 299 g/mol. The lowest BCUT2D eigenvalue weighted by Crippen LogP contribution is -2.05. The van der Waals surface area contributed by atoms with E-state index in [0.29, 0.717) is 34.0 Å². The minimum absolute atomic E-state index is 0.139. The number of nitrogens with two attached hydrogens (primary N) is 1. The number of carbonyl (C=O) groups excluding carboxylic acids is 1. The maximum Gasteiger partial charge on any atom is 0.356 e. The average Bonchev–Trinajstić information content (AvgIpc) is 2.96. The van der Waals surface area contributed by atoms with Gasteiger partial charge >= 0.3 is 5.97 Å². The molecule has 0 unspecified atom stereocenters. The predicted octanol–water partition coefficient (Wildman–Crippen LogP) is 2.27. The zero-order chi connectivity index (χ0) is 15.7. The minimum Gasteiger partial charge on any atom is -0.494 e. The first-order valence-corrected chi connectivity index (χ1v) is 6.41. The first-order valence-electron chi connectivity index (χ1n) is 6.41. The Morgan fingerprint density at radius 3 is 2.82 bits per heavy atom. The highest BCUT2D eigenvalue weighted by Gasteiger charge is 2.17. The summed E-state index contributed by atoms with van der Waals surface area (Å²) in [6.07, 6.45) is 1.42. The fraction of sp³-hybridized carbons (Fsp3) is 0.133. The molecule has 2 N–H and O–H groups in total. The summed E-state index contributed by atoms with van der Waals surface area (Å²) in [6.45, 7) is 0. The van der Waals surface area contributed by atoms with Crippen LogP contribution < -0.4 is 10.5 Å². The second-order valence-electron chi connectivity index (χ2n) is 4.51. The smallest absolute Gasteiger partial charge is 0.356 e. The van der Waals surface area contributed by atoms with Crippen molar-refractivity contribution in [3.63, 3.8) is 0 Å². The van der Waals surface area contributed by atoms with Crippen LogP contribution in [0.2, 0.25) is 0 Å². The van der Waals surface area contributed by atoms with Gasteiger partial charge in [-0.2, -0.15) is 0 Å². The number of rotatable bonds is 3. The van der Waals surface area contributed by atoms with Crippen LogP contribution in [-0.2, 0) is 4.74 Å². The van der Waals surface area contributed by atoms with Crippen LogP contribution in [0.5, 0.6) is 5.75 Å². The van der Waals surface area contributed by atoms with Crippen molar-refractivity contribution < 1.29 is 18.7 Å². The molecule has 0 saturated heterocycles. The van der Waals surface area contributed by atoms with Gasteiger partial charge in [0.25, 0.3) is 0 Å². The number of aromatic nitrogens is 2. The molecule has 0 aliphatic heterocycles. The summed E-state index contributed by atoms with van der Waals surface area (Å²) in [7, 11) is 2.79. The monoisotopic (exact) mass is 299 g/mol. The third kappa shape index (κ3) is 2.32. The highest BCUT2D eigenvalue weighted by molar-refractivity contribution is 5.89. The summed E-state index contributed by atoms with van der Waals surface area (Å²) in [6, 6.07) is 6.67. The molecule has 0 radical (unpaired) electrons. The summed E-state index contributed by atoms with van der Waals surface area (Å²) < 4.78 is 15.6. The number of fused-ring (bicyclic) bond motifs is 1. The van der Waals surface area contributed by atoms with Gasteiger partial charge in [-0.25, -0.2) is 14.8 Å². The molecular formula is C15H13N3O4. The standard InChI is InChI=1S/C15H13N3O4/c1-20-13-7-17-11(15(19)21-2)6-9(13)14-18-10-5-8(16)3-4-12(10)22-14/h3-7H,16H2,1-2H3. The van der Waals surface area contributed by atoms with Crippen molar-refractivity contribution in [3.05, 3.63) is 36.2 Å². The van der Waals surface area contributed by atoms with E-state index in [1.54, 1.807) is 18.2 Å². The van der Waals surface area contributed by atoms with Crippen LogP contribution in [0.1, 0.15) is 10.5 Å². The predicted molar refractivity (Wildman–Crippen MR) is 79.5 cm³/mol. The van der Waals surface area contributed by atoms with Gasteiger partial charge in [-0.05, 0) is 24.3 Å². The molecular weight excluding hydrogens is 286 g/mol. The second kappa shape index (κ2) is 5.36. The molecule has 2 heterocycles. The lowest BCUT2D eigenvalue weighted by atomic mass is 10.2. The van der Waals surface area contributed by atoms with Crippen molar-refractivity contribution >= 4 is 22.8 Å². The number of anilines is 1. The fourth-order valence-electron chi connectivity index (χ4n) is 2.05. The first-order chi connectivity index (χ1) is 10.6. The molecule has 0 spiro atoms. The van der Waals surface area contributed by atoms with Crippen molar-refractivity contribution in [2.24, 2.45) is 0 Å². The number of benzene rings is 1. The molecule has 0 aliphatic carbocycles. The number of oxazole rings is 1. The van der Waals surface area contributed by atoms with Crippen LogP contribution in [0.4, 0.5) is 5.69 Å². The van der Waals surface area contributed by atoms with Gasteiger partial charge in [0.1, 0.15) is 17.0 Å². The van der Waals surface area contributed by atoms with Crippen molar-refractivity contribution in [1.29, 1.82) is 0 Å². The summed E-state index contributed by atoms with van der Waals surface area (Å²) in [5, 5.41) is 0. The van der Waals surface area contributed by atoms with Crippen LogP contribution in [0.3, 0.4) is 0 Å². The van der Waals surface area contributed by atoms with Crippen LogP contribution in [0, 0.1) is 0 Å². The van der Waals surface area contributed by atoms with E-state index in [9.17, 15) is 4.79 Å². The number of nitrogen functional groups attached to an aromatic ring is 1. The SMILES string of the molecule is COC(=O)c1cc(-c2nc3cc(N)ccc3o2)c(OC)cn1. The molecule has 0 bridgehead atoms. The number of esters is 1. The third-order valence-corrected chi connectivity index (χ3v) is 3.12. The Hall–Kier alpha value is -3.09. The molecule has 112 valence electrons. The molecule has 0 amide bonds. The maximum atomic E-state index is 11.6. The van der Waals surface area contributed by atoms with Gasteiger partial charge in [-0.3, -0.25) is 0 Å². The fourth-order valence-corrected chi connectivity index (χ4v) is 2.05. The minimum atomic E-state index is -0.552. The molecule has 3 rings (SSSR count). The van der Waals surface area contributed by atoms with E-state index in [1.807, 2.05) is 0 Å². The lowest BCUT2D eigenvalue weighted by molar-refractivity contribution is 0.0594. The quantitative estimate of drug-likeness (QED) is 0.584. The number of ether oxygens (including phenoxy) is 2. The Morgan fingerprint density at radius 1 is 1.27 bits per heavy atom. The highest BCUT2D eigenvalue weighted by Crippen LogP contribution is 2.32. The Morgan fingerprint density at radius 2 is 2.09 bits per heavy atom. The van der Waals surface area contributed by atoms with E-state index in [-0.39, 0.29) is 5.69 Å². The zero-order valence-electron chi connectivity index (χ0n) is 12.0. The molecule has 2 aromatic heterocycles. The normalized spacial score (nSPS) is 10.6. The molecule has 7 heteroatoms. The topological polar surface area (TPSA) is 100 Å². The van der Waals surface area contributed by atoms with Crippen molar-refractivity contribution in [2.75, 3.05) is 20.0 Å². The van der Waals surface area contributed by atoms with Gasteiger partial charge in [0.2, 0.25) is 5.89 Å². The highest BCUT2D eigenvalue weighted by atomic mass is 16.5. The number of carbonyl (C=O) groups is 1. The van der Waals surface area contributed by atoms with Crippen LogP contribution >= 0.6 is 0 Å². The van der Waals surface area contributed by atoms with Crippen LogP contribution in [0.15, 0.2) is 34.9 Å². The molecule has 0 fully saturated rings. The third-order valence-electron chi connectivity index (χ3n) is 3.12. The van der Waals surface area contributed by atoms with Gasteiger partial charge in [0, 0.05) is 5.69 Å². The zero-order valence-corrected chi connectivity index (χ0v) is 12.0. The molecule has 22 heavy (non-hydrogen) atoms. The van der Waals surface area contributed by atoms with E-state index in [1.165, 1.54) is 26.5 Å². The van der Waals surface area contributed by atoms with Crippen molar-refractivity contribution in [2.45, 2.75) is 0 Å². The summed E-state index contributed by atoms with van der Waals surface area (Å²) in [5.74, 6) is 0.196. The molecule has 7 nitrogen and oxygen atoms in total. The number of nitrogens with zero attached hydrogens (tertiary/aromatic N) is 2. The van der Waals surface area contributed by atoms with E-state index < -0.39 is 5.97 Å². The van der Waals surface area contributed by atoms with Gasteiger partial charge in [-0.1, -0.05) is 0 Å². The maximum absolute atomic E-state index is 11.6. The Kier molecular flexibility index (Phi) is 3.38. The lowest BCUT2D eigenvalue weighted by Gasteiger charge is -2.06. The number of pyridine rings is 1. The Balaban J connectivity index is 2.16. The summed E-state index contributed by atoms with van der Waals surface area (Å²) in [5.41, 5.74) is 8.17. The van der Waals surface area contributed by atoms with E-state index in [4.69, 9.17) is 14.9 Å². The van der Waals surface area contributed by atoms with E-state index >= 15 is 0 Å². The molecule has 0 aliphatic rings. The van der Waals surface area contributed by atoms with E-state index in [2.05, 4.69) is 14.7 Å². The second-order valence-corrected chi connectivity index (χ2v) is 4.51. The molecule has 1 aromatic carbocycles. The van der Waals surface area contributed by atoms with Gasteiger partial charge < -0.3 is 19.6 Å². The number of hydrogen-bond acceptors (Lipinski definition) is 7. The largest absolute Gasteiger partial charge is 0.494 e. The van der Waals surface area contributed by atoms with Gasteiger partial charge in [0.05, 0.1) is 26.0 Å². The van der Waals surface area contributed by atoms with Crippen LogP contribution in [-0.4, -0.2) is 30.2 Å². The Bertz CT molecular complexity index is 857. The van der Waals surface area contributed by atoms with Gasteiger partial charge in [0.15, 0.2) is 5.58 Å². The van der Waals surface area contributed by atoms with Crippen LogP contribution in [0.25, 0.3) is 22.6 Å². The molecule has 0 saturated carbocycles. The Labute approximate surface area is 125 Å². The molecule has 0 atom stereocenters. The van der Waals surface area contributed by atoms with Crippen molar-refractivity contribution in [1.82, 2.24) is 9.97 Å². The van der Waals surface area contributed by atoms with Gasteiger partial charge in [-0.15, -0.1) is 0 Å². The summed E-state index contributed by atoms with van der Waals surface area (Å²) >= 11 is 0. The number of methoxy groups -OCH3 is 2. The van der Waals surface area contributed by atoms with E-state index in [0.717, 1.165) is 0 Å². The molecule has 3 aromatic rings. The number of hydrogen-bond donors (Lipinski definition) is 1. The van der Waals surface area contributed by atoms with Crippen molar-refractivity contribution in [3.8, 4) is 17.2 Å². The summed E-state index contributed by atoms with van der Waals surface area (Å²) in [4.78, 5) is 20.0. The first kappa shape index (κ1) is 13.9.